The molecule has 0 aromatic rings. The van der Waals surface area contributed by atoms with Gasteiger partial charge in [-0.2, -0.15) is 0 Å². The van der Waals surface area contributed by atoms with Crippen molar-refractivity contribution in [3.8, 4) is 0 Å². The summed E-state index contributed by atoms with van der Waals surface area (Å²) in [7, 11) is 0. The third-order valence-electron chi connectivity index (χ3n) is 0. The van der Waals surface area contributed by atoms with E-state index < -0.39 is 20.3 Å². The molecule has 0 atom stereocenters. The first-order chi connectivity index (χ1) is 6.93. The van der Waals surface area contributed by atoms with Crippen LogP contribution < -0.4 is 24.6 Å². The molecule has 0 spiro atoms. The van der Waals surface area contributed by atoms with Gasteiger partial charge in [-0.1, -0.05) is 0 Å². The Morgan fingerprint density at radius 1 is 0.381 bits per heavy atom. The molecule has 0 aliphatic heterocycles. The van der Waals surface area contributed by atoms with Crippen molar-refractivity contribution in [1.82, 2.24) is 24.6 Å². The molecule has 0 aromatic carbocycles. The largest absolute Gasteiger partial charge is 4.00 e. The Morgan fingerprint density at radius 3 is 0.381 bits per heavy atom. The van der Waals surface area contributed by atoms with Crippen molar-refractivity contribution < 1.29 is 46.5 Å². The van der Waals surface area contributed by atoms with Gasteiger partial charge in [-0.05, 0) is 0 Å². The average Bonchev–Trinajstić information content (AvgIpc) is 1.76. The van der Waals surface area contributed by atoms with Crippen LogP contribution in [0.5, 0.6) is 0 Å². The van der Waals surface area contributed by atoms with Crippen LogP contribution in [0.3, 0.4) is 0 Å². The van der Waals surface area contributed by atoms with Crippen LogP contribution in [0.1, 0.15) is 0 Å². The van der Waals surface area contributed by atoms with E-state index in [1.54, 1.807) is 0 Å². The molecule has 21 heteroatoms. The maximum atomic E-state index is 8.25. The van der Waals surface area contributed by atoms with Gasteiger partial charge in [0, 0.05) is 24.6 Å². The Kier molecular flexibility index (Phi) is 158. The van der Waals surface area contributed by atoms with E-state index in [1.807, 2.05) is 0 Å². The van der Waals surface area contributed by atoms with Gasteiger partial charge in [0.2, 0.25) is 0 Å². The van der Waals surface area contributed by atoms with Crippen molar-refractivity contribution >= 4 is 0 Å². The summed E-state index contributed by atoms with van der Waals surface area (Å²) in [6, 6.07) is 0. The van der Waals surface area contributed by atoms with Gasteiger partial charge < -0.3 is 61.3 Å². The third kappa shape index (κ3) is 688. The maximum absolute atomic E-state index is 8.25. The van der Waals surface area contributed by atoms with Gasteiger partial charge >= 0.3 is 26.2 Å². The van der Waals surface area contributed by atoms with Gasteiger partial charge in [-0.15, -0.1) is 0 Å². The standard InChI is InChI=1S/4NO3.4N.Zr/c4*2-1(3)4;;;;;/q4*-1;;;;;+4. The summed E-state index contributed by atoms with van der Waals surface area (Å²) in [4.78, 5) is 33.0. The Morgan fingerprint density at radius 2 is 0.381 bits per heavy atom. The number of hydrogen-bond acceptors (Lipinski definition) is 12. The molecule has 0 saturated heterocycles. The first-order valence-electron chi connectivity index (χ1n) is 2.19. The van der Waals surface area contributed by atoms with Crippen LogP contribution >= 0.6 is 0 Å². The van der Waals surface area contributed by atoms with Crippen LogP contribution in [-0.2, 0) is 26.2 Å². The van der Waals surface area contributed by atoms with Crippen molar-refractivity contribution in [2.24, 2.45) is 0 Å². The van der Waals surface area contributed by atoms with Crippen molar-refractivity contribution in [2.45, 2.75) is 0 Å². The Balaban J connectivity index is -0.0000000121. The van der Waals surface area contributed by atoms with E-state index in [2.05, 4.69) is 0 Å². The normalized spacial score (nSPS) is 4.57. The summed E-state index contributed by atoms with van der Waals surface area (Å²) < 4.78 is 0. The first-order valence-corrected chi connectivity index (χ1v) is 2.19. The predicted molar refractivity (Wildman–Crippen MR) is 50.0 cm³/mol. The molecule has 116 valence electrons. The van der Waals surface area contributed by atoms with Crippen molar-refractivity contribution in [1.29, 1.82) is 0 Å². The molecule has 0 aliphatic rings. The van der Waals surface area contributed by atoms with Crippen molar-refractivity contribution in [3.05, 3.63) is 61.3 Å². The minimum Gasteiger partial charge on any atom is -0.356 e. The zero-order valence-corrected chi connectivity index (χ0v) is 11.4. The molecular formula is N8O12Zr. The molecule has 0 N–H and O–H groups in total. The Bertz CT molecular complexity index is 165. The van der Waals surface area contributed by atoms with E-state index in [1.165, 1.54) is 0 Å². The van der Waals surface area contributed by atoms with Gasteiger partial charge in [0.25, 0.3) is 0 Å². The van der Waals surface area contributed by atoms with Gasteiger partial charge in [-0.3, -0.25) is 0 Å². The topological polar surface area (TPSA) is 387 Å². The van der Waals surface area contributed by atoms with E-state index in [9.17, 15) is 0 Å². The average molecular weight is 395 g/mol. The zero-order chi connectivity index (χ0) is 14.3. The number of rotatable bonds is 0. The van der Waals surface area contributed by atoms with Crippen LogP contribution in [0.4, 0.5) is 0 Å². The summed E-state index contributed by atoms with van der Waals surface area (Å²) in [5.41, 5.74) is 0. The maximum Gasteiger partial charge on any atom is 4.00 e. The molecule has 12 radical (unpaired) electrons. The van der Waals surface area contributed by atoms with Crippen molar-refractivity contribution in [3.63, 3.8) is 0 Å². The molecule has 0 unspecified atom stereocenters. The second kappa shape index (κ2) is 52.8. The first kappa shape index (κ1) is 62.7. The fourth-order valence-corrected chi connectivity index (χ4v) is 0. The van der Waals surface area contributed by atoms with Crippen LogP contribution in [0.15, 0.2) is 0 Å². The van der Waals surface area contributed by atoms with E-state index in [0.29, 0.717) is 0 Å². The molecule has 0 heterocycles. The molecule has 0 rings (SSSR count). The van der Waals surface area contributed by atoms with Crippen molar-refractivity contribution in [2.75, 3.05) is 0 Å². The van der Waals surface area contributed by atoms with E-state index in [4.69, 9.17) is 61.3 Å². The van der Waals surface area contributed by atoms with Crippen LogP contribution in [0.25, 0.3) is 0 Å². The summed E-state index contributed by atoms with van der Waals surface area (Å²) in [5, 5.41) is 59.0. The zero-order valence-electron chi connectivity index (χ0n) is 8.98. The molecule has 0 aromatic heterocycles. The molecule has 0 aliphatic carbocycles. The molecular weight excluding hydrogens is 395 g/mol. The molecule has 20 nitrogen and oxygen atoms in total. The molecule has 0 fully saturated rings. The Hall–Kier alpha value is -2.48. The smallest absolute Gasteiger partial charge is 0.356 e. The number of nitrogens with zero attached hydrogens (tertiary/aromatic N) is 8. The Labute approximate surface area is 133 Å². The summed E-state index contributed by atoms with van der Waals surface area (Å²) >= 11 is 0. The molecule has 0 amide bonds. The predicted octanol–water partition coefficient (Wildman–Crippen LogP) is -2.88. The second-order valence-electron chi connectivity index (χ2n) is 0.894. The fraction of sp³-hybridized carbons (Fsp3) is 0. The minimum atomic E-state index is -1.75. The molecule has 0 bridgehead atoms. The van der Waals surface area contributed by atoms with Gasteiger partial charge in [0.1, 0.15) is 0 Å². The van der Waals surface area contributed by atoms with Crippen LogP contribution in [-0.4, -0.2) is 20.3 Å². The van der Waals surface area contributed by atoms with E-state index >= 15 is 0 Å². The molecule has 21 heavy (non-hydrogen) atoms. The summed E-state index contributed by atoms with van der Waals surface area (Å²) in [6.07, 6.45) is 0. The van der Waals surface area contributed by atoms with Gasteiger partial charge in [0.05, 0.1) is 20.3 Å². The van der Waals surface area contributed by atoms with Gasteiger partial charge in [0.15, 0.2) is 0 Å². The minimum absolute atomic E-state index is 0. The summed E-state index contributed by atoms with van der Waals surface area (Å²) in [5.74, 6) is 0. The fourth-order valence-electron chi connectivity index (χ4n) is 0. The summed E-state index contributed by atoms with van der Waals surface area (Å²) in [6.45, 7) is 0. The monoisotopic (exact) mass is 394 g/mol. The quantitative estimate of drug-likeness (QED) is 0.294. The van der Waals surface area contributed by atoms with E-state index in [-0.39, 0.29) is 50.8 Å². The van der Waals surface area contributed by atoms with E-state index in [0.717, 1.165) is 0 Å². The second-order valence-corrected chi connectivity index (χ2v) is 0.894. The van der Waals surface area contributed by atoms with Crippen LogP contribution in [0.2, 0.25) is 0 Å². The van der Waals surface area contributed by atoms with Crippen LogP contribution in [0, 0.1) is 61.3 Å². The SMILES string of the molecule is O=[N+]([O-])[O-].O=[N+]([O-])[O-].O=[N+]([O-])[O-].O=[N+]([O-])[O-].[N].[N].[N].[N].[Zr+4]. The number of hydrogen-bond donors (Lipinski definition) is 0. The van der Waals surface area contributed by atoms with Gasteiger partial charge in [-0.25, -0.2) is 0 Å². The third-order valence-corrected chi connectivity index (χ3v) is 0. The molecule has 0 saturated carbocycles.